The third-order valence-electron chi connectivity index (χ3n) is 7.12. The van der Waals surface area contributed by atoms with Gasteiger partial charge in [-0.3, -0.25) is 9.52 Å². The van der Waals surface area contributed by atoms with Crippen LogP contribution in [0, 0.1) is 5.82 Å². The normalized spacial score (nSPS) is 15.9. The van der Waals surface area contributed by atoms with Crippen LogP contribution in [0.4, 0.5) is 21.8 Å². The van der Waals surface area contributed by atoms with Crippen molar-refractivity contribution < 1.29 is 9.18 Å². The molecule has 4 aromatic rings. The lowest BCUT2D eigenvalue weighted by Gasteiger charge is -2.16. The lowest BCUT2D eigenvalue weighted by Crippen LogP contribution is -2.34. The summed E-state index contributed by atoms with van der Waals surface area (Å²) in [5.74, 6) is 1.00. The van der Waals surface area contributed by atoms with Crippen LogP contribution in [0.25, 0.3) is 11.1 Å². The van der Waals surface area contributed by atoms with Gasteiger partial charge in [-0.05, 0) is 78.2 Å². The van der Waals surface area contributed by atoms with E-state index in [9.17, 15) is 9.18 Å². The second-order valence-electron chi connectivity index (χ2n) is 9.85. The molecule has 6 rings (SSSR count). The number of benzene rings is 3. The standard InChI is InChI=1S/C30H29FN6OS/c31-23-11-9-22(10-12-23)30(13-14-30)28(38)33-18-20-5-7-21(8-6-20)26-19-34-29-36-24-3-1-4-25(17-24)39-35-16-2-15-32-27(26)37-29/h1,3-12,17,19,35H,2,13-16,18H2,(H,33,38)(H2,32,34,36,37). The number of aromatic nitrogens is 2. The molecule has 198 valence electrons. The van der Waals surface area contributed by atoms with Gasteiger partial charge in [-0.25, -0.2) is 9.37 Å². The molecule has 1 aliphatic heterocycles. The molecule has 3 aromatic carbocycles. The van der Waals surface area contributed by atoms with E-state index in [1.807, 2.05) is 42.6 Å². The molecule has 0 spiro atoms. The molecule has 1 saturated carbocycles. The fraction of sp³-hybridized carbons (Fsp3) is 0.233. The average molecular weight is 541 g/mol. The summed E-state index contributed by atoms with van der Waals surface area (Å²) in [6.07, 6.45) is 4.34. The highest BCUT2D eigenvalue weighted by Gasteiger charge is 2.51. The zero-order chi connectivity index (χ0) is 26.7. The molecule has 1 aliphatic carbocycles. The number of carbonyl (C=O) groups is 1. The molecule has 9 heteroatoms. The van der Waals surface area contributed by atoms with Gasteiger partial charge < -0.3 is 16.0 Å². The van der Waals surface area contributed by atoms with Crippen molar-refractivity contribution in [3.05, 3.63) is 95.9 Å². The number of amides is 1. The summed E-state index contributed by atoms with van der Waals surface area (Å²) >= 11 is 1.62. The number of nitrogens with one attached hydrogen (secondary N) is 4. The molecule has 2 heterocycles. The van der Waals surface area contributed by atoms with Gasteiger partial charge in [-0.15, -0.1) is 0 Å². The Bertz CT molecular complexity index is 1470. The minimum Gasteiger partial charge on any atom is -0.369 e. The monoisotopic (exact) mass is 540 g/mol. The molecular formula is C30H29FN6OS. The summed E-state index contributed by atoms with van der Waals surface area (Å²) in [5, 5.41) is 9.86. The summed E-state index contributed by atoms with van der Waals surface area (Å²) in [4.78, 5) is 23.5. The molecule has 1 amide bonds. The Labute approximate surface area is 231 Å². The van der Waals surface area contributed by atoms with E-state index in [1.165, 1.54) is 12.1 Å². The zero-order valence-electron chi connectivity index (χ0n) is 21.3. The number of hydrogen-bond donors (Lipinski definition) is 4. The second kappa shape index (κ2) is 11.0. The Morgan fingerprint density at radius 3 is 2.64 bits per heavy atom. The van der Waals surface area contributed by atoms with Gasteiger partial charge in [0, 0.05) is 42.0 Å². The first-order chi connectivity index (χ1) is 19.1. The predicted molar refractivity (Wildman–Crippen MR) is 153 cm³/mol. The Morgan fingerprint density at radius 2 is 1.85 bits per heavy atom. The molecule has 2 aliphatic rings. The van der Waals surface area contributed by atoms with E-state index in [0.29, 0.717) is 12.5 Å². The first kappa shape index (κ1) is 25.3. The van der Waals surface area contributed by atoms with E-state index in [4.69, 9.17) is 4.98 Å². The summed E-state index contributed by atoms with van der Waals surface area (Å²) in [6.45, 7) is 2.07. The van der Waals surface area contributed by atoms with Gasteiger partial charge in [-0.2, -0.15) is 4.98 Å². The Kier molecular flexibility index (Phi) is 7.17. The van der Waals surface area contributed by atoms with E-state index in [2.05, 4.69) is 37.8 Å². The Morgan fingerprint density at radius 1 is 1.03 bits per heavy atom. The van der Waals surface area contributed by atoms with Gasteiger partial charge >= 0.3 is 0 Å². The zero-order valence-corrected chi connectivity index (χ0v) is 22.2. The van der Waals surface area contributed by atoms with Crippen LogP contribution in [0.3, 0.4) is 0 Å². The van der Waals surface area contributed by atoms with Crippen LogP contribution in [-0.4, -0.2) is 29.0 Å². The van der Waals surface area contributed by atoms with Gasteiger partial charge in [0.1, 0.15) is 11.6 Å². The molecule has 0 saturated heterocycles. The maximum atomic E-state index is 13.3. The van der Waals surface area contributed by atoms with E-state index in [1.54, 1.807) is 24.1 Å². The number of halogens is 1. The molecule has 7 nitrogen and oxygen atoms in total. The fourth-order valence-electron chi connectivity index (χ4n) is 4.75. The van der Waals surface area contributed by atoms with Crippen molar-refractivity contribution in [2.45, 2.75) is 36.1 Å². The number of rotatable bonds is 5. The summed E-state index contributed by atoms with van der Waals surface area (Å²) in [5.41, 5.74) is 4.17. The highest BCUT2D eigenvalue weighted by atomic mass is 32.2. The first-order valence-electron chi connectivity index (χ1n) is 13.1. The third-order valence-corrected chi connectivity index (χ3v) is 7.95. The van der Waals surface area contributed by atoms with Crippen LogP contribution < -0.4 is 20.7 Å². The largest absolute Gasteiger partial charge is 0.369 e. The highest BCUT2D eigenvalue weighted by molar-refractivity contribution is 7.97. The van der Waals surface area contributed by atoms with Crippen molar-refractivity contribution in [3.63, 3.8) is 0 Å². The number of anilines is 3. The van der Waals surface area contributed by atoms with Crippen molar-refractivity contribution in [3.8, 4) is 11.1 Å². The lowest BCUT2D eigenvalue weighted by atomic mass is 9.95. The Hall–Kier alpha value is -3.95. The van der Waals surface area contributed by atoms with E-state index >= 15 is 0 Å². The van der Waals surface area contributed by atoms with Crippen LogP contribution in [-0.2, 0) is 16.8 Å². The van der Waals surface area contributed by atoms with Gasteiger partial charge in [0.05, 0.1) is 5.41 Å². The summed E-state index contributed by atoms with van der Waals surface area (Å²) < 4.78 is 16.7. The lowest BCUT2D eigenvalue weighted by molar-refractivity contribution is -0.123. The average Bonchev–Trinajstić information content (AvgIpc) is 3.76. The van der Waals surface area contributed by atoms with Crippen LogP contribution in [0.15, 0.2) is 83.9 Å². The van der Waals surface area contributed by atoms with E-state index in [0.717, 1.165) is 71.0 Å². The number of carbonyl (C=O) groups excluding carboxylic acids is 1. The minimum absolute atomic E-state index is 0.0106. The molecule has 4 N–H and O–H groups in total. The van der Waals surface area contributed by atoms with E-state index < -0.39 is 5.41 Å². The second-order valence-corrected chi connectivity index (χ2v) is 10.8. The minimum atomic E-state index is -0.531. The number of hydrogen-bond acceptors (Lipinski definition) is 7. The van der Waals surface area contributed by atoms with Crippen LogP contribution in [0.5, 0.6) is 0 Å². The van der Waals surface area contributed by atoms with Crippen molar-refractivity contribution in [2.24, 2.45) is 0 Å². The maximum Gasteiger partial charge on any atom is 0.230 e. The first-order valence-corrected chi connectivity index (χ1v) is 13.9. The number of fused-ring (bicyclic) bond motifs is 4. The van der Waals surface area contributed by atoms with Crippen molar-refractivity contribution >= 4 is 35.3 Å². The SMILES string of the molecule is O=C(NCc1ccc(-c2cnc3nc2NCCCNSc2cccc(c2)N3)cc1)C1(c2ccc(F)cc2)CC1. The molecule has 0 unspecified atom stereocenters. The topological polar surface area (TPSA) is 91.0 Å². The molecule has 39 heavy (non-hydrogen) atoms. The molecule has 4 bridgehead atoms. The van der Waals surface area contributed by atoms with Crippen LogP contribution in [0.2, 0.25) is 0 Å². The quantitative estimate of drug-likeness (QED) is 0.238. The molecule has 0 radical (unpaired) electrons. The van der Waals surface area contributed by atoms with Gasteiger partial charge in [0.15, 0.2) is 0 Å². The van der Waals surface area contributed by atoms with Crippen molar-refractivity contribution in [2.75, 3.05) is 23.7 Å². The third kappa shape index (κ3) is 5.74. The molecular weight excluding hydrogens is 511 g/mol. The summed E-state index contributed by atoms with van der Waals surface area (Å²) in [6, 6.07) is 22.5. The van der Waals surface area contributed by atoms with Crippen LogP contribution in [0.1, 0.15) is 30.4 Å². The molecule has 1 fully saturated rings. The molecule has 1 aromatic heterocycles. The van der Waals surface area contributed by atoms with E-state index in [-0.39, 0.29) is 11.7 Å². The van der Waals surface area contributed by atoms with Gasteiger partial charge in [0.2, 0.25) is 11.9 Å². The molecule has 0 atom stereocenters. The number of nitrogens with zero attached hydrogens (tertiary/aromatic N) is 2. The fourth-order valence-corrected chi connectivity index (χ4v) is 5.50. The highest BCUT2D eigenvalue weighted by Crippen LogP contribution is 2.48. The van der Waals surface area contributed by atoms with Crippen molar-refractivity contribution in [1.82, 2.24) is 20.0 Å². The van der Waals surface area contributed by atoms with Gasteiger partial charge in [0.25, 0.3) is 0 Å². The van der Waals surface area contributed by atoms with Gasteiger partial charge in [-0.1, -0.05) is 42.5 Å². The Balaban J connectivity index is 1.16. The van der Waals surface area contributed by atoms with Crippen LogP contribution >= 0.6 is 11.9 Å². The summed E-state index contributed by atoms with van der Waals surface area (Å²) in [7, 11) is 0. The predicted octanol–water partition coefficient (Wildman–Crippen LogP) is 5.79. The van der Waals surface area contributed by atoms with Crippen molar-refractivity contribution in [1.29, 1.82) is 0 Å². The smallest absolute Gasteiger partial charge is 0.230 e. The maximum absolute atomic E-state index is 13.3.